The lowest BCUT2D eigenvalue weighted by Crippen LogP contribution is -2.20. The van der Waals surface area contributed by atoms with Crippen molar-refractivity contribution in [2.75, 3.05) is 11.9 Å². The Morgan fingerprint density at radius 1 is 1.57 bits per heavy atom. The van der Waals surface area contributed by atoms with Crippen LogP contribution in [-0.2, 0) is 6.54 Å². The smallest absolute Gasteiger partial charge is 0.339 e. The standard InChI is InChI=1S/C12H10BrN3O4S/c1-15(5-7-2-10(13)21-6-7)11-9(12(17)18)3-8(4-14-11)16(19)20/h2-4,6H,5H2,1H3,(H,17,18). The zero-order chi connectivity index (χ0) is 15.6. The van der Waals surface area contributed by atoms with E-state index in [4.69, 9.17) is 0 Å². The molecule has 2 aromatic rings. The molecule has 2 heterocycles. The summed E-state index contributed by atoms with van der Waals surface area (Å²) in [6, 6.07) is 2.94. The third-order valence-corrected chi connectivity index (χ3v) is 4.25. The van der Waals surface area contributed by atoms with Gasteiger partial charge in [-0.2, -0.15) is 0 Å². The van der Waals surface area contributed by atoms with Gasteiger partial charge in [-0.3, -0.25) is 10.1 Å². The molecule has 7 nitrogen and oxygen atoms in total. The van der Waals surface area contributed by atoms with Crippen LogP contribution in [0.1, 0.15) is 15.9 Å². The Balaban J connectivity index is 2.33. The Bertz CT molecular complexity index is 704. The molecular formula is C12H10BrN3O4S. The normalized spacial score (nSPS) is 10.4. The second-order valence-electron chi connectivity index (χ2n) is 4.24. The molecule has 0 saturated heterocycles. The van der Waals surface area contributed by atoms with Crippen molar-refractivity contribution >= 4 is 44.7 Å². The lowest BCUT2D eigenvalue weighted by Gasteiger charge is -2.19. The minimum absolute atomic E-state index is 0.190. The van der Waals surface area contributed by atoms with Crippen LogP contribution in [0, 0.1) is 10.1 Å². The third-order valence-electron chi connectivity index (χ3n) is 2.70. The SMILES string of the molecule is CN(Cc1csc(Br)c1)c1ncc([N+](=O)[O-])cc1C(=O)O. The summed E-state index contributed by atoms with van der Waals surface area (Å²) >= 11 is 4.88. The van der Waals surface area contributed by atoms with E-state index in [9.17, 15) is 20.0 Å². The minimum Gasteiger partial charge on any atom is -0.478 e. The maximum Gasteiger partial charge on any atom is 0.339 e. The summed E-state index contributed by atoms with van der Waals surface area (Å²) in [6.45, 7) is 0.452. The minimum atomic E-state index is -1.25. The highest BCUT2D eigenvalue weighted by molar-refractivity contribution is 9.11. The summed E-state index contributed by atoms with van der Waals surface area (Å²) in [5, 5.41) is 21.8. The van der Waals surface area contributed by atoms with Gasteiger partial charge in [0.05, 0.1) is 8.71 Å². The lowest BCUT2D eigenvalue weighted by molar-refractivity contribution is -0.385. The van der Waals surface area contributed by atoms with E-state index in [1.807, 2.05) is 11.4 Å². The lowest BCUT2D eigenvalue weighted by atomic mass is 10.2. The number of thiophene rings is 1. The van der Waals surface area contributed by atoms with Crippen molar-refractivity contribution in [3.05, 3.63) is 48.7 Å². The molecule has 0 amide bonds. The number of nitrogens with zero attached hydrogens (tertiary/aromatic N) is 3. The van der Waals surface area contributed by atoms with E-state index < -0.39 is 10.9 Å². The van der Waals surface area contributed by atoms with Gasteiger partial charge in [0.25, 0.3) is 5.69 Å². The monoisotopic (exact) mass is 371 g/mol. The zero-order valence-corrected chi connectivity index (χ0v) is 13.2. The molecule has 2 aromatic heterocycles. The van der Waals surface area contributed by atoms with Crippen LogP contribution in [0.25, 0.3) is 0 Å². The van der Waals surface area contributed by atoms with Gasteiger partial charge in [0, 0.05) is 19.7 Å². The molecule has 1 N–H and O–H groups in total. The second kappa shape index (κ2) is 6.19. The summed E-state index contributed by atoms with van der Waals surface area (Å²) in [5.74, 6) is -1.06. The molecule has 0 aliphatic carbocycles. The first-order chi connectivity index (χ1) is 9.88. The number of carboxylic acid groups (broad SMARTS) is 1. The van der Waals surface area contributed by atoms with Gasteiger partial charge < -0.3 is 10.0 Å². The number of nitro groups is 1. The molecule has 2 rings (SSSR count). The number of halogens is 1. The van der Waals surface area contributed by atoms with Gasteiger partial charge in [-0.25, -0.2) is 9.78 Å². The van der Waals surface area contributed by atoms with Crippen molar-refractivity contribution in [2.24, 2.45) is 0 Å². The first-order valence-electron chi connectivity index (χ1n) is 5.70. The average Bonchev–Trinajstić information content (AvgIpc) is 2.83. The summed E-state index contributed by atoms with van der Waals surface area (Å²) in [7, 11) is 1.69. The maximum atomic E-state index is 11.3. The highest BCUT2D eigenvalue weighted by Gasteiger charge is 2.20. The average molecular weight is 372 g/mol. The zero-order valence-electron chi connectivity index (χ0n) is 10.8. The van der Waals surface area contributed by atoms with Crippen LogP contribution in [0.4, 0.5) is 11.5 Å². The predicted molar refractivity (Wildman–Crippen MR) is 82.0 cm³/mol. The number of anilines is 1. The van der Waals surface area contributed by atoms with Crippen LogP contribution in [-0.4, -0.2) is 28.0 Å². The van der Waals surface area contributed by atoms with Crippen molar-refractivity contribution in [1.82, 2.24) is 4.98 Å². The molecule has 21 heavy (non-hydrogen) atoms. The number of aromatic carboxylic acids is 1. The predicted octanol–water partition coefficient (Wildman–Crippen LogP) is 3.15. The second-order valence-corrected chi connectivity index (χ2v) is 6.53. The molecule has 0 aliphatic heterocycles. The van der Waals surface area contributed by atoms with Crippen LogP contribution in [0.2, 0.25) is 0 Å². The Morgan fingerprint density at radius 3 is 2.81 bits per heavy atom. The number of hydrogen-bond donors (Lipinski definition) is 1. The van der Waals surface area contributed by atoms with Crippen LogP contribution >= 0.6 is 27.3 Å². The van der Waals surface area contributed by atoms with Crippen LogP contribution in [0.3, 0.4) is 0 Å². The number of rotatable bonds is 5. The molecule has 0 spiro atoms. The van der Waals surface area contributed by atoms with Gasteiger partial charge in [0.1, 0.15) is 17.6 Å². The first kappa shape index (κ1) is 15.4. The van der Waals surface area contributed by atoms with Gasteiger partial charge in [0.15, 0.2) is 0 Å². The van der Waals surface area contributed by atoms with E-state index in [0.717, 1.165) is 21.6 Å². The van der Waals surface area contributed by atoms with Crippen molar-refractivity contribution in [3.63, 3.8) is 0 Å². The number of hydrogen-bond acceptors (Lipinski definition) is 6. The first-order valence-corrected chi connectivity index (χ1v) is 7.37. The van der Waals surface area contributed by atoms with E-state index in [0.29, 0.717) is 6.54 Å². The molecular weight excluding hydrogens is 362 g/mol. The summed E-state index contributed by atoms with van der Waals surface area (Å²) < 4.78 is 0.973. The Kier molecular flexibility index (Phi) is 4.53. The Hall–Kier alpha value is -2.00. The highest BCUT2D eigenvalue weighted by atomic mass is 79.9. The summed E-state index contributed by atoms with van der Waals surface area (Å²) in [4.78, 5) is 26.9. The van der Waals surface area contributed by atoms with Gasteiger partial charge >= 0.3 is 5.97 Å². The third kappa shape index (κ3) is 3.56. The van der Waals surface area contributed by atoms with E-state index in [2.05, 4.69) is 20.9 Å². The molecule has 0 fully saturated rings. The van der Waals surface area contributed by atoms with Crippen molar-refractivity contribution in [1.29, 1.82) is 0 Å². The molecule has 0 unspecified atom stereocenters. The molecule has 0 saturated carbocycles. The molecule has 0 radical (unpaired) electrons. The largest absolute Gasteiger partial charge is 0.478 e. The van der Waals surface area contributed by atoms with E-state index in [1.165, 1.54) is 11.3 Å². The Morgan fingerprint density at radius 2 is 2.29 bits per heavy atom. The van der Waals surface area contributed by atoms with Crippen molar-refractivity contribution in [2.45, 2.75) is 6.54 Å². The summed E-state index contributed by atoms with van der Waals surface area (Å²) in [6.07, 6.45) is 1.06. The molecule has 0 bridgehead atoms. The van der Waals surface area contributed by atoms with Crippen LogP contribution in [0.15, 0.2) is 27.5 Å². The van der Waals surface area contributed by atoms with E-state index >= 15 is 0 Å². The molecule has 0 aliphatic rings. The van der Waals surface area contributed by atoms with Crippen molar-refractivity contribution < 1.29 is 14.8 Å². The van der Waals surface area contributed by atoms with Crippen molar-refractivity contribution in [3.8, 4) is 0 Å². The fraction of sp³-hybridized carbons (Fsp3) is 0.167. The van der Waals surface area contributed by atoms with Crippen LogP contribution < -0.4 is 4.90 Å². The molecule has 110 valence electrons. The maximum absolute atomic E-state index is 11.3. The molecule has 0 atom stereocenters. The summed E-state index contributed by atoms with van der Waals surface area (Å²) in [5.41, 5.74) is 0.453. The number of carboxylic acids is 1. The van der Waals surface area contributed by atoms with Crippen LogP contribution in [0.5, 0.6) is 0 Å². The quantitative estimate of drug-likeness (QED) is 0.640. The Labute approximate surface area is 132 Å². The highest BCUT2D eigenvalue weighted by Crippen LogP contribution is 2.25. The topological polar surface area (TPSA) is 96.6 Å². The van der Waals surface area contributed by atoms with E-state index in [1.54, 1.807) is 11.9 Å². The van der Waals surface area contributed by atoms with Gasteiger partial charge in [-0.1, -0.05) is 0 Å². The van der Waals surface area contributed by atoms with Gasteiger partial charge in [-0.15, -0.1) is 11.3 Å². The van der Waals surface area contributed by atoms with Gasteiger partial charge in [-0.05, 0) is 32.9 Å². The molecule has 9 heteroatoms. The van der Waals surface area contributed by atoms with E-state index in [-0.39, 0.29) is 17.1 Å². The number of pyridine rings is 1. The van der Waals surface area contributed by atoms with Gasteiger partial charge in [0.2, 0.25) is 0 Å². The molecule has 0 aromatic carbocycles. The number of aromatic nitrogens is 1. The fourth-order valence-corrected chi connectivity index (χ4v) is 2.99. The fourth-order valence-electron chi connectivity index (χ4n) is 1.79. The number of carbonyl (C=O) groups is 1.